The summed E-state index contributed by atoms with van der Waals surface area (Å²) in [7, 11) is 1.80. The molecule has 1 heterocycles. The largest absolute Gasteiger partial charge is 0.340 e. The highest BCUT2D eigenvalue weighted by Crippen LogP contribution is 2.24. The van der Waals surface area contributed by atoms with E-state index in [1.54, 1.807) is 11.9 Å². The molecule has 5 nitrogen and oxygen atoms in total. The molecule has 98 valence electrons. The molecule has 0 aromatic carbocycles. The van der Waals surface area contributed by atoms with Crippen molar-refractivity contribution in [3.05, 3.63) is 28.2 Å². The van der Waals surface area contributed by atoms with Crippen LogP contribution in [0.5, 0.6) is 0 Å². The van der Waals surface area contributed by atoms with Gasteiger partial charge in [0, 0.05) is 19.7 Å². The summed E-state index contributed by atoms with van der Waals surface area (Å²) in [4.78, 5) is 24.7. The summed E-state index contributed by atoms with van der Waals surface area (Å²) in [6.45, 7) is 0.777. The maximum Gasteiger partial charge on any atom is 0.274 e. The highest BCUT2D eigenvalue weighted by Gasteiger charge is 2.19. The second-order valence-corrected chi connectivity index (χ2v) is 5.00. The Bertz CT molecular complexity index is 443. The molecule has 0 unspecified atom stereocenters. The average Bonchev–Trinajstić information content (AvgIpc) is 2.40. The maximum absolute atomic E-state index is 12.1. The highest BCUT2D eigenvalue weighted by atomic mass is 16.2. The second-order valence-electron chi connectivity index (χ2n) is 5.00. The van der Waals surface area contributed by atoms with E-state index < -0.39 is 0 Å². The second kappa shape index (κ2) is 5.80. The fraction of sp³-hybridized carbons (Fsp3) is 0.615. The van der Waals surface area contributed by atoms with E-state index in [1.807, 2.05) is 0 Å². The number of aromatic amines is 1. The molecule has 1 amide bonds. The number of hydrogen-bond donors (Lipinski definition) is 1. The first-order chi connectivity index (χ1) is 8.66. The number of aromatic nitrogens is 2. The molecule has 1 saturated carbocycles. The van der Waals surface area contributed by atoms with Gasteiger partial charge in [-0.2, -0.15) is 5.10 Å². The van der Waals surface area contributed by atoms with Crippen molar-refractivity contribution in [2.45, 2.75) is 32.1 Å². The van der Waals surface area contributed by atoms with Gasteiger partial charge in [0.25, 0.3) is 11.5 Å². The highest BCUT2D eigenvalue weighted by molar-refractivity contribution is 5.91. The number of carbonyl (C=O) groups is 1. The van der Waals surface area contributed by atoms with Crippen LogP contribution in [0.3, 0.4) is 0 Å². The summed E-state index contributed by atoms with van der Waals surface area (Å²) in [5.41, 5.74) is 0.00870. The minimum Gasteiger partial charge on any atom is -0.340 e. The van der Waals surface area contributed by atoms with Crippen molar-refractivity contribution in [1.29, 1.82) is 0 Å². The topological polar surface area (TPSA) is 66.1 Å². The molecule has 2 rings (SSSR count). The molecule has 5 heteroatoms. The lowest BCUT2D eigenvalue weighted by Crippen LogP contribution is -2.33. The van der Waals surface area contributed by atoms with E-state index in [0.717, 1.165) is 6.54 Å². The minimum absolute atomic E-state index is 0.128. The first-order valence-corrected chi connectivity index (χ1v) is 6.48. The fourth-order valence-electron chi connectivity index (χ4n) is 2.50. The van der Waals surface area contributed by atoms with Gasteiger partial charge in [0.15, 0.2) is 0 Å². The quantitative estimate of drug-likeness (QED) is 0.881. The zero-order valence-electron chi connectivity index (χ0n) is 10.7. The van der Waals surface area contributed by atoms with E-state index in [9.17, 15) is 9.59 Å². The monoisotopic (exact) mass is 249 g/mol. The Balaban J connectivity index is 1.95. The van der Waals surface area contributed by atoms with Crippen LogP contribution >= 0.6 is 0 Å². The molecule has 0 aliphatic heterocycles. The SMILES string of the molecule is CN(CC1CCCCC1)C(=O)c1ccc(=O)[nH]n1. The first kappa shape index (κ1) is 12.8. The predicted octanol–water partition coefficient (Wildman–Crippen LogP) is 1.42. The Labute approximate surface area is 106 Å². The molecule has 0 saturated heterocycles. The van der Waals surface area contributed by atoms with Crippen molar-refractivity contribution >= 4 is 5.91 Å². The van der Waals surface area contributed by atoms with E-state index in [4.69, 9.17) is 0 Å². The molecule has 1 aliphatic carbocycles. The number of rotatable bonds is 3. The van der Waals surface area contributed by atoms with Crippen LogP contribution in [0.15, 0.2) is 16.9 Å². The molecular weight excluding hydrogens is 230 g/mol. The molecule has 1 aromatic heterocycles. The van der Waals surface area contributed by atoms with Crippen LogP contribution in [-0.2, 0) is 0 Å². The zero-order chi connectivity index (χ0) is 13.0. The number of hydrogen-bond acceptors (Lipinski definition) is 3. The Hall–Kier alpha value is -1.65. The van der Waals surface area contributed by atoms with Crippen LogP contribution in [0.25, 0.3) is 0 Å². The minimum atomic E-state index is -0.290. The number of carbonyl (C=O) groups excluding carboxylic acids is 1. The van der Waals surface area contributed by atoms with Crippen molar-refractivity contribution in [1.82, 2.24) is 15.1 Å². The average molecular weight is 249 g/mol. The number of amides is 1. The third-order valence-corrected chi connectivity index (χ3v) is 3.50. The molecule has 0 spiro atoms. The third kappa shape index (κ3) is 3.18. The molecule has 18 heavy (non-hydrogen) atoms. The third-order valence-electron chi connectivity index (χ3n) is 3.50. The van der Waals surface area contributed by atoms with E-state index in [2.05, 4.69) is 10.2 Å². The van der Waals surface area contributed by atoms with Crippen molar-refractivity contribution in [2.24, 2.45) is 5.92 Å². The molecule has 1 aliphatic rings. The maximum atomic E-state index is 12.1. The Morgan fingerprint density at radius 1 is 1.39 bits per heavy atom. The number of nitrogens with zero attached hydrogens (tertiary/aromatic N) is 2. The molecule has 1 N–H and O–H groups in total. The Kier molecular flexibility index (Phi) is 4.12. The Morgan fingerprint density at radius 3 is 2.72 bits per heavy atom. The van der Waals surface area contributed by atoms with Crippen molar-refractivity contribution in [2.75, 3.05) is 13.6 Å². The summed E-state index contributed by atoms with van der Waals surface area (Å²) >= 11 is 0. The normalized spacial score (nSPS) is 16.5. The summed E-state index contributed by atoms with van der Waals surface area (Å²) in [6, 6.07) is 2.80. The standard InChI is InChI=1S/C13H19N3O2/c1-16(9-10-5-3-2-4-6-10)13(18)11-7-8-12(17)15-14-11/h7-8,10H,2-6,9H2,1H3,(H,15,17). The van der Waals surface area contributed by atoms with Crippen LogP contribution in [0.2, 0.25) is 0 Å². The summed E-state index contributed by atoms with van der Waals surface area (Å²) in [5.74, 6) is 0.479. The van der Waals surface area contributed by atoms with Crippen LogP contribution < -0.4 is 5.56 Å². The molecule has 1 aromatic rings. The van der Waals surface area contributed by atoms with Gasteiger partial charge in [0.05, 0.1) is 0 Å². The van der Waals surface area contributed by atoms with Crippen molar-refractivity contribution < 1.29 is 4.79 Å². The lowest BCUT2D eigenvalue weighted by Gasteiger charge is -2.26. The van der Waals surface area contributed by atoms with Gasteiger partial charge in [-0.05, 0) is 24.8 Å². The van der Waals surface area contributed by atoms with E-state index in [0.29, 0.717) is 11.6 Å². The van der Waals surface area contributed by atoms with Crippen LogP contribution in [0, 0.1) is 5.92 Å². The fourth-order valence-corrected chi connectivity index (χ4v) is 2.50. The van der Waals surface area contributed by atoms with Crippen LogP contribution in [-0.4, -0.2) is 34.6 Å². The number of H-pyrrole nitrogens is 1. The van der Waals surface area contributed by atoms with Crippen LogP contribution in [0.1, 0.15) is 42.6 Å². The summed E-state index contributed by atoms with van der Waals surface area (Å²) < 4.78 is 0. The van der Waals surface area contributed by atoms with Gasteiger partial charge in [-0.15, -0.1) is 0 Å². The van der Waals surface area contributed by atoms with Gasteiger partial charge in [-0.1, -0.05) is 19.3 Å². The predicted molar refractivity (Wildman–Crippen MR) is 68.4 cm³/mol. The van der Waals surface area contributed by atoms with E-state index >= 15 is 0 Å². The van der Waals surface area contributed by atoms with Gasteiger partial charge in [-0.3, -0.25) is 9.59 Å². The van der Waals surface area contributed by atoms with Crippen LogP contribution in [0.4, 0.5) is 0 Å². The molecular formula is C13H19N3O2. The molecule has 0 atom stereocenters. The summed E-state index contributed by atoms with van der Waals surface area (Å²) in [5, 5.41) is 6.05. The van der Waals surface area contributed by atoms with Gasteiger partial charge in [-0.25, -0.2) is 5.10 Å². The Morgan fingerprint density at radius 2 is 2.11 bits per heavy atom. The number of nitrogens with one attached hydrogen (secondary N) is 1. The lowest BCUT2D eigenvalue weighted by atomic mass is 9.89. The van der Waals surface area contributed by atoms with Crippen molar-refractivity contribution in [3.63, 3.8) is 0 Å². The van der Waals surface area contributed by atoms with E-state index in [1.165, 1.54) is 44.2 Å². The van der Waals surface area contributed by atoms with Gasteiger partial charge in [0.2, 0.25) is 0 Å². The van der Waals surface area contributed by atoms with Crippen molar-refractivity contribution in [3.8, 4) is 0 Å². The van der Waals surface area contributed by atoms with Gasteiger partial charge in [0.1, 0.15) is 5.69 Å². The lowest BCUT2D eigenvalue weighted by molar-refractivity contribution is 0.0753. The summed E-state index contributed by atoms with van der Waals surface area (Å²) in [6.07, 6.45) is 6.26. The van der Waals surface area contributed by atoms with Gasteiger partial charge < -0.3 is 4.90 Å². The van der Waals surface area contributed by atoms with Gasteiger partial charge >= 0.3 is 0 Å². The first-order valence-electron chi connectivity index (χ1n) is 6.48. The molecule has 0 radical (unpaired) electrons. The molecule has 1 fully saturated rings. The molecule has 0 bridgehead atoms. The zero-order valence-corrected chi connectivity index (χ0v) is 10.7. The smallest absolute Gasteiger partial charge is 0.274 e. The van der Waals surface area contributed by atoms with E-state index in [-0.39, 0.29) is 11.5 Å².